The minimum Gasteiger partial charge on any atom is -0.383 e. The third kappa shape index (κ3) is 5.55. The maximum Gasteiger partial charge on any atom is 0.254 e. The molecule has 1 fully saturated rings. The van der Waals surface area contributed by atoms with Crippen LogP contribution < -0.4 is 21.5 Å². The average Bonchev–Trinajstić information content (AvgIpc) is 3.01. The van der Waals surface area contributed by atoms with Gasteiger partial charge in [-0.2, -0.15) is 0 Å². The molecule has 132 valence electrons. The first-order valence-corrected chi connectivity index (χ1v) is 7.89. The predicted molar refractivity (Wildman–Crippen MR) is 86.7 cm³/mol. The van der Waals surface area contributed by atoms with Gasteiger partial charge in [0.1, 0.15) is 5.82 Å². The minimum atomic E-state index is -0.579. The zero-order valence-corrected chi connectivity index (χ0v) is 13.6. The zero-order valence-electron chi connectivity index (χ0n) is 13.6. The number of ether oxygens (including phenoxy) is 1. The van der Waals surface area contributed by atoms with E-state index in [0.29, 0.717) is 13.2 Å². The molecular formula is C16H23FN4O3. The Hall–Kier alpha value is -2.03. The predicted octanol–water partition coefficient (Wildman–Crippen LogP) is -0.0567. The molecule has 0 radical (unpaired) electrons. The number of nitrogens with one attached hydrogen (secondary N) is 4. The smallest absolute Gasteiger partial charge is 0.254 e. The summed E-state index contributed by atoms with van der Waals surface area (Å²) in [6, 6.07) is 6.10. The Bertz CT molecular complexity index is 570. The highest BCUT2D eigenvalue weighted by molar-refractivity contribution is 5.94. The van der Waals surface area contributed by atoms with Gasteiger partial charge in [-0.1, -0.05) is 12.1 Å². The van der Waals surface area contributed by atoms with E-state index in [9.17, 15) is 14.0 Å². The van der Waals surface area contributed by atoms with Crippen LogP contribution in [0.1, 0.15) is 23.2 Å². The molecule has 8 heteroatoms. The van der Waals surface area contributed by atoms with E-state index in [-0.39, 0.29) is 36.5 Å². The number of hydrazine groups is 1. The van der Waals surface area contributed by atoms with Crippen LogP contribution in [-0.2, 0) is 9.53 Å². The van der Waals surface area contributed by atoms with Crippen LogP contribution in [0.15, 0.2) is 24.3 Å². The number of hydrogen-bond acceptors (Lipinski definition) is 5. The summed E-state index contributed by atoms with van der Waals surface area (Å²) >= 11 is 0. The van der Waals surface area contributed by atoms with Crippen molar-refractivity contribution in [2.24, 2.45) is 0 Å². The molecule has 2 rings (SSSR count). The molecule has 0 spiro atoms. The summed E-state index contributed by atoms with van der Waals surface area (Å²) in [5.41, 5.74) is 6.16. The van der Waals surface area contributed by atoms with E-state index in [0.717, 1.165) is 6.42 Å². The van der Waals surface area contributed by atoms with Crippen molar-refractivity contribution in [2.75, 3.05) is 26.8 Å². The molecule has 0 aromatic heterocycles. The average molecular weight is 338 g/mol. The van der Waals surface area contributed by atoms with Gasteiger partial charge >= 0.3 is 0 Å². The third-order valence-electron chi connectivity index (χ3n) is 3.73. The van der Waals surface area contributed by atoms with E-state index in [4.69, 9.17) is 4.74 Å². The largest absolute Gasteiger partial charge is 0.383 e. The van der Waals surface area contributed by atoms with Crippen molar-refractivity contribution in [3.8, 4) is 0 Å². The van der Waals surface area contributed by atoms with Crippen LogP contribution in [0.4, 0.5) is 4.39 Å². The minimum absolute atomic E-state index is 0.0247. The summed E-state index contributed by atoms with van der Waals surface area (Å²) in [4.78, 5) is 23.6. The maximum absolute atomic E-state index is 13.4. The molecule has 1 aliphatic heterocycles. The zero-order chi connectivity index (χ0) is 17.4. The normalized spacial score (nSPS) is 19.9. The Labute approximate surface area is 140 Å². The van der Waals surface area contributed by atoms with Crippen molar-refractivity contribution in [3.05, 3.63) is 35.6 Å². The molecule has 1 saturated heterocycles. The van der Waals surface area contributed by atoms with Gasteiger partial charge in [0.2, 0.25) is 5.91 Å². The maximum atomic E-state index is 13.4. The van der Waals surface area contributed by atoms with Crippen molar-refractivity contribution in [3.63, 3.8) is 0 Å². The lowest BCUT2D eigenvalue weighted by molar-refractivity contribution is -0.121. The highest BCUT2D eigenvalue weighted by Crippen LogP contribution is 2.06. The number of methoxy groups -OCH3 is 1. The Kier molecular flexibility index (Phi) is 7.10. The molecular weight excluding hydrogens is 315 g/mol. The second kappa shape index (κ2) is 9.31. The summed E-state index contributed by atoms with van der Waals surface area (Å²) < 4.78 is 18.5. The second-order valence-electron chi connectivity index (χ2n) is 5.66. The molecule has 4 N–H and O–H groups in total. The number of halogens is 1. The summed E-state index contributed by atoms with van der Waals surface area (Å²) in [6.07, 6.45) is 1.000. The summed E-state index contributed by atoms with van der Waals surface area (Å²) in [6.45, 7) is 1.26. The monoisotopic (exact) mass is 338 g/mol. The van der Waals surface area contributed by atoms with E-state index in [1.54, 1.807) is 13.2 Å². The Morgan fingerprint density at radius 1 is 1.25 bits per heavy atom. The van der Waals surface area contributed by atoms with Crippen molar-refractivity contribution in [1.82, 2.24) is 21.5 Å². The van der Waals surface area contributed by atoms with E-state index in [2.05, 4.69) is 21.5 Å². The SMILES string of the molecule is COCC1CC(CNC(=O)CCNC(=O)c2ccccc2F)NN1. The second-order valence-corrected chi connectivity index (χ2v) is 5.66. The van der Waals surface area contributed by atoms with Gasteiger partial charge in [-0.3, -0.25) is 20.4 Å². The van der Waals surface area contributed by atoms with Gasteiger partial charge in [-0.05, 0) is 18.6 Å². The number of amides is 2. The van der Waals surface area contributed by atoms with Gasteiger partial charge in [0.25, 0.3) is 5.91 Å². The summed E-state index contributed by atoms with van der Waals surface area (Å²) in [7, 11) is 1.65. The van der Waals surface area contributed by atoms with Gasteiger partial charge in [0.05, 0.1) is 12.2 Å². The van der Waals surface area contributed by atoms with Crippen LogP contribution in [0, 0.1) is 5.82 Å². The Morgan fingerprint density at radius 2 is 2.00 bits per heavy atom. The topological polar surface area (TPSA) is 91.5 Å². The molecule has 0 aliphatic carbocycles. The van der Waals surface area contributed by atoms with Crippen molar-refractivity contribution < 1.29 is 18.7 Å². The quantitative estimate of drug-likeness (QED) is 0.533. The van der Waals surface area contributed by atoms with Crippen LogP contribution in [0.25, 0.3) is 0 Å². The first kappa shape index (κ1) is 18.3. The van der Waals surface area contributed by atoms with E-state index >= 15 is 0 Å². The van der Waals surface area contributed by atoms with E-state index in [1.807, 2.05) is 0 Å². The fraction of sp³-hybridized carbons (Fsp3) is 0.500. The van der Waals surface area contributed by atoms with E-state index < -0.39 is 11.7 Å². The van der Waals surface area contributed by atoms with Gasteiger partial charge in [0.15, 0.2) is 0 Å². The number of benzene rings is 1. The number of rotatable bonds is 8. The van der Waals surface area contributed by atoms with Crippen molar-refractivity contribution in [1.29, 1.82) is 0 Å². The van der Waals surface area contributed by atoms with Gasteiger partial charge in [0, 0.05) is 38.7 Å². The molecule has 2 atom stereocenters. The molecule has 1 aromatic rings. The van der Waals surface area contributed by atoms with Crippen LogP contribution in [0.3, 0.4) is 0 Å². The van der Waals surface area contributed by atoms with Gasteiger partial charge in [-0.15, -0.1) is 0 Å². The fourth-order valence-corrected chi connectivity index (χ4v) is 2.50. The van der Waals surface area contributed by atoms with Gasteiger partial charge in [-0.25, -0.2) is 4.39 Å². The molecule has 1 heterocycles. The number of carbonyl (C=O) groups excluding carboxylic acids is 2. The molecule has 0 saturated carbocycles. The first-order valence-electron chi connectivity index (χ1n) is 7.89. The van der Waals surface area contributed by atoms with Crippen LogP contribution in [-0.4, -0.2) is 50.7 Å². The van der Waals surface area contributed by atoms with Gasteiger partial charge < -0.3 is 15.4 Å². The lowest BCUT2D eigenvalue weighted by Gasteiger charge is -2.11. The van der Waals surface area contributed by atoms with Crippen LogP contribution >= 0.6 is 0 Å². The fourth-order valence-electron chi connectivity index (χ4n) is 2.50. The summed E-state index contributed by atoms with van der Waals surface area (Å²) in [5, 5.41) is 5.34. The molecule has 0 bridgehead atoms. The van der Waals surface area contributed by atoms with Crippen LogP contribution in [0.5, 0.6) is 0 Å². The molecule has 24 heavy (non-hydrogen) atoms. The standard InChI is InChI=1S/C16H23FN4O3/c1-24-10-12-8-11(20-21-12)9-19-15(22)6-7-18-16(23)13-4-2-3-5-14(13)17/h2-5,11-12,20-21H,6-10H2,1H3,(H,18,23)(H,19,22). The molecule has 2 amide bonds. The third-order valence-corrected chi connectivity index (χ3v) is 3.73. The summed E-state index contributed by atoms with van der Waals surface area (Å²) in [5.74, 6) is -1.27. The molecule has 7 nitrogen and oxygen atoms in total. The lowest BCUT2D eigenvalue weighted by atomic mass is 10.1. The molecule has 2 unspecified atom stereocenters. The van der Waals surface area contributed by atoms with Crippen molar-refractivity contribution >= 4 is 11.8 Å². The number of carbonyl (C=O) groups is 2. The lowest BCUT2D eigenvalue weighted by Crippen LogP contribution is -2.41. The Morgan fingerprint density at radius 3 is 2.75 bits per heavy atom. The first-order chi connectivity index (χ1) is 11.6. The van der Waals surface area contributed by atoms with E-state index in [1.165, 1.54) is 18.2 Å². The number of hydrogen-bond donors (Lipinski definition) is 4. The van der Waals surface area contributed by atoms with Crippen molar-refractivity contribution in [2.45, 2.75) is 24.9 Å². The Balaban J connectivity index is 1.62. The molecule has 1 aliphatic rings. The van der Waals surface area contributed by atoms with Crippen LogP contribution in [0.2, 0.25) is 0 Å². The molecule has 1 aromatic carbocycles. The highest BCUT2D eigenvalue weighted by Gasteiger charge is 2.23. The highest BCUT2D eigenvalue weighted by atomic mass is 19.1.